The molecule has 1 aliphatic carbocycles. The summed E-state index contributed by atoms with van der Waals surface area (Å²) in [6.07, 6.45) is 4.65. The van der Waals surface area contributed by atoms with Crippen LogP contribution in [0.2, 0.25) is 0 Å². The largest absolute Gasteiger partial charge is 0.396 e. The summed E-state index contributed by atoms with van der Waals surface area (Å²) in [4.78, 5) is 0. The predicted molar refractivity (Wildman–Crippen MR) is 39.6 cm³/mol. The van der Waals surface area contributed by atoms with E-state index in [1.807, 2.05) is 0 Å². The Bertz CT molecular complexity index is 81.3. The normalized spacial score (nSPS) is 34.2. The van der Waals surface area contributed by atoms with Gasteiger partial charge in [-0.2, -0.15) is 0 Å². The molecule has 2 N–H and O–H groups in total. The average Bonchev–Trinajstić information content (AvgIpc) is 2.04. The van der Waals surface area contributed by atoms with Crippen LogP contribution in [0, 0.1) is 11.8 Å². The van der Waals surface area contributed by atoms with Gasteiger partial charge in [-0.15, -0.1) is 0 Å². The van der Waals surface area contributed by atoms with Crippen LogP contribution in [0.5, 0.6) is 0 Å². The SMILES string of the molecule is OC[C@@H]1CCCC[C@@H]1CO. The molecule has 0 amide bonds. The maximum atomic E-state index is 8.88. The van der Waals surface area contributed by atoms with Gasteiger partial charge < -0.3 is 10.2 Å². The highest BCUT2D eigenvalue weighted by atomic mass is 16.3. The van der Waals surface area contributed by atoms with Gasteiger partial charge in [0.15, 0.2) is 0 Å². The van der Waals surface area contributed by atoms with E-state index in [0.717, 1.165) is 12.8 Å². The Kier molecular flexibility index (Phi) is 3.16. The van der Waals surface area contributed by atoms with Crippen LogP contribution in [0.4, 0.5) is 0 Å². The summed E-state index contributed by atoms with van der Waals surface area (Å²) >= 11 is 0. The quantitative estimate of drug-likeness (QED) is 0.601. The summed E-state index contributed by atoms with van der Waals surface area (Å²) in [7, 11) is 0. The summed E-state index contributed by atoms with van der Waals surface area (Å²) in [5, 5.41) is 17.8. The van der Waals surface area contributed by atoms with Crippen LogP contribution in [0.25, 0.3) is 0 Å². The Morgan fingerprint density at radius 2 is 1.30 bits per heavy atom. The molecule has 1 saturated carbocycles. The topological polar surface area (TPSA) is 40.5 Å². The molecule has 0 aromatic carbocycles. The molecule has 0 aromatic heterocycles. The Hall–Kier alpha value is -0.0800. The molecule has 10 heavy (non-hydrogen) atoms. The molecule has 0 radical (unpaired) electrons. The Labute approximate surface area is 61.9 Å². The van der Waals surface area contributed by atoms with E-state index in [4.69, 9.17) is 10.2 Å². The van der Waals surface area contributed by atoms with E-state index in [1.54, 1.807) is 0 Å². The summed E-state index contributed by atoms with van der Waals surface area (Å²) in [5.74, 6) is 0.748. The number of rotatable bonds is 2. The number of aliphatic hydroxyl groups excluding tert-OH is 2. The monoisotopic (exact) mass is 144 g/mol. The zero-order valence-electron chi connectivity index (χ0n) is 6.29. The highest BCUT2D eigenvalue weighted by molar-refractivity contribution is 4.73. The Balaban J connectivity index is 2.34. The van der Waals surface area contributed by atoms with Crippen molar-refractivity contribution in [2.24, 2.45) is 11.8 Å². The fourth-order valence-electron chi connectivity index (χ4n) is 1.77. The summed E-state index contributed by atoms with van der Waals surface area (Å²) < 4.78 is 0. The van der Waals surface area contributed by atoms with Gasteiger partial charge in [0.2, 0.25) is 0 Å². The molecular formula is C8H16O2. The van der Waals surface area contributed by atoms with E-state index >= 15 is 0 Å². The van der Waals surface area contributed by atoms with Gasteiger partial charge in [-0.3, -0.25) is 0 Å². The van der Waals surface area contributed by atoms with Crippen LogP contribution in [0.3, 0.4) is 0 Å². The van der Waals surface area contributed by atoms with Gasteiger partial charge in [0.25, 0.3) is 0 Å². The minimum atomic E-state index is 0.255. The molecule has 0 heterocycles. The van der Waals surface area contributed by atoms with Crippen LogP contribution >= 0.6 is 0 Å². The fourth-order valence-corrected chi connectivity index (χ4v) is 1.77. The van der Waals surface area contributed by atoms with Gasteiger partial charge in [0.05, 0.1) is 0 Å². The van der Waals surface area contributed by atoms with E-state index in [9.17, 15) is 0 Å². The highest BCUT2D eigenvalue weighted by Gasteiger charge is 2.23. The molecule has 2 nitrogen and oxygen atoms in total. The van der Waals surface area contributed by atoms with Crippen molar-refractivity contribution in [1.29, 1.82) is 0 Å². The predicted octanol–water partition coefficient (Wildman–Crippen LogP) is 0.777. The summed E-state index contributed by atoms with van der Waals surface area (Å²) in [6.45, 7) is 0.510. The van der Waals surface area contributed by atoms with Gasteiger partial charge in [-0.1, -0.05) is 12.8 Å². The fraction of sp³-hybridized carbons (Fsp3) is 1.00. The Morgan fingerprint density at radius 1 is 0.900 bits per heavy atom. The third kappa shape index (κ3) is 1.70. The minimum absolute atomic E-state index is 0.255. The van der Waals surface area contributed by atoms with Crippen LogP contribution < -0.4 is 0 Å². The van der Waals surface area contributed by atoms with E-state index in [2.05, 4.69) is 0 Å². The lowest BCUT2D eigenvalue weighted by atomic mass is 9.80. The molecule has 0 spiro atoms. The first-order valence-corrected chi connectivity index (χ1v) is 4.10. The zero-order chi connectivity index (χ0) is 7.40. The molecule has 0 aliphatic heterocycles. The standard InChI is InChI=1S/C8H16O2/c9-5-7-3-1-2-4-8(7)6-10/h7-10H,1-6H2/t7-,8+. The number of hydrogen-bond donors (Lipinski definition) is 2. The maximum Gasteiger partial charge on any atom is 0.0462 e. The van der Waals surface area contributed by atoms with Crippen LogP contribution in [-0.2, 0) is 0 Å². The molecule has 0 aromatic rings. The van der Waals surface area contributed by atoms with Crippen LogP contribution in [0.15, 0.2) is 0 Å². The molecule has 0 saturated heterocycles. The molecule has 1 rings (SSSR count). The molecule has 2 atom stereocenters. The molecule has 1 aliphatic rings. The second-order valence-corrected chi connectivity index (χ2v) is 3.17. The lowest BCUT2D eigenvalue weighted by Crippen LogP contribution is -2.25. The lowest BCUT2D eigenvalue weighted by molar-refractivity contribution is 0.0869. The first-order chi connectivity index (χ1) is 4.88. The van der Waals surface area contributed by atoms with Crippen LogP contribution in [0.1, 0.15) is 25.7 Å². The van der Waals surface area contributed by atoms with Crippen molar-refractivity contribution in [3.8, 4) is 0 Å². The number of hydrogen-bond acceptors (Lipinski definition) is 2. The van der Waals surface area contributed by atoms with Crippen molar-refractivity contribution in [2.45, 2.75) is 25.7 Å². The van der Waals surface area contributed by atoms with Gasteiger partial charge in [-0.05, 0) is 24.7 Å². The van der Waals surface area contributed by atoms with Crippen molar-refractivity contribution in [3.05, 3.63) is 0 Å². The highest BCUT2D eigenvalue weighted by Crippen LogP contribution is 2.28. The smallest absolute Gasteiger partial charge is 0.0462 e. The van der Waals surface area contributed by atoms with E-state index in [-0.39, 0.29) is 13.2 Å². The maximum absolute atomic E-state index is 8.88. The average molecular weight is 144 g/mol. The van der Waals surface area contributed by atoms with Crippen molar-refractivity contribution >= 4 is 0 Å². The van der Waals surface area contributed by atoms with E-state index in [1.165, 1.54) is 12.8 Å². The first-order valence-electron chi connectivity index (χ1n) is 4.10. The third-order valence-electron chi connectivity index (χ3n) is 2.54. The van der Waals surface area contributed by atoms with Crippen molar-refractivity contribution in [1.82, 2.24) is 0 Å². The summed E-state index contributed by atoms with van der Waals surface area (Å²) in [6, 6.07) is 0. The van der Waals surface area contributed by atoms with E-state index in [0.29, 0.717) is 11.8 Å². The van der Waals surface area contributed by atoms with Gasteiger partial charge in [-0.25, -0.2) is 0 Å². The van der Waals surface area contributed by atoms with Crippen LogP contribution in [-0.4, -0.2) is 23.4 Å². The van der Waals surface area contributed by atoms with E-state index < -0.39 is 0 Å². The van der Waals surface area contributed by atoms with Crippen molar-refractivity contribution in [3.63, 3.8) is 0 Å². The molecule has 60 valence electrons. The molecule has 0 bridgehead atoms. The molecule has 0 unspecified atom stereocenters. The molecular weight excluding hydrogens is 128 g/mol. The summed E-state index contributed by atoms with van der Waals surface area (Å²) in [5.41, 5.74) is 0. The second kappa shape index (κ2) is 3.94. The van der Waals surface area contributed by atoms with Gasteiger partial charge in [0, 0.05) is 13.2 Å². The molecule has 1 fully saturated rings. The van der Waals surface area contributed by atoms with Crippen molar-refractivity contribution in [2.75, 3.05) is 13.2 Å². The minimum Gasteiger partial charge on any atom is -0.396 e. The number of aliphatic hydroxyl groups is 2. The second-order valence-electron chi connectivity index (χ2n) is 3.17. The van der Waals surface area contributed by atoms with Gasteiger partial charge in [0.1, 0.15) is 0 Å². The Morgan fingerprint density at radius 3 is 1.60 bits per heavy atom. The van der Waals surface area contributed by atoms with Crippen molar-refractivity contribution < 1.29 is 10.2 Å². The third-order valence-corrected chi connectivity index (χ3v) is 2.54. The van der Waals surface area contributed by atoms with Gasteiger partial charge >= 0.3 is 0 Å². The lowest BCUT2D eigenvalue weighted by Gasteiger charge is -2.28. The first kappa shape index (κ1) is 8.02. The zero-order valence-corrected chi connectivity index (χ0v) is 6.29. The molecule has 2 heteroatoms.